The number of hydrogen-bond donors (Lipinski definition) is 0. The first-order valence-electron chi connectivity index (χ1n) is 7.96. The Kier molecular flexibility index (Phi) is 3.30. The largest absolute Gasteiger partial charge is 0.493 e. The predicted molar refractivity (Wildman–Crippen MR) is 86.3 cm³/mol. The second-order valence-electron chi connectivity index (χ2n) is 6.40. The third-order valence-corrected chi connectivity index (χ3v) is 5.38. The Bertz CT molecular complexity index is 701. The Balaban J connectivity index is 1.77. The number of methoxy groups -OCH3 is 3. The maximum Gasteiger partial charge on any atom is 0.238 e. The maximum atomic E-state index is 12.9. The van der Waals surface area contributed by atoms with Crippen LogP contribution < -0.4 is 19.1 Å². The van der Waals surface area contributed by atoms with Crippen molar-refractivity contribution in [3.05, 3.63) is 24.3 Å². The molecule has 2 amide bonds. The molecular formula is C18H19NO5. The second kappa shape index (κ2) is 5.26. The van der Waals surface area contributed by atoms with E-state index in [1.54, 1.807) is 12.1 Å². The highest BCUT2D eigenvalue weighted by atomic mass is 16.5. The van der Waals surface area contributed by atoms with Crippen LogP contribution in [0.3, 0.4) is 0 Å². The van der Waals surface area contributed by atoms with Gasteiger partial charge in [0.1, 0.15) is 0 Å². The molecule has 4 unspecified atom stereocenters. The third-order valence-electron chi connectivity index (χ3n) is 5.38. The normalized spacial score (nSPS) is 30.0. The van der Waals surface area contributed by atoms with E-state index in [1.165, 1.54) is 26.2 Å². The number of rotatable bonds is 4. The number of carbonyl (C=O) groups excluding carboxylic acids is 2. The topological polar surface area (TPSA) is 65.1 Å². The van der Waals surface area contributed by atoms with Crippen LogP contribution in [0.2, 0.25) is 0 Å². The summed E-state index contributed by atoms with van der Waals surface area (Å²) >= 11 is 0. The van der Waals surface area contributed by atoms with Gasteiger partial charge in [0, 0.05) is 12.1 Å². The van der Waals surface area contributed by atoms with E-state index in [9.17, 15) is 9.59 Å². The predicted octanol–water partition coefficient (Wildman–Crippen LogP) is 2.02. The molecule has 4 atom stereocenters. The van der Waals surface area contributed by atoms with Gasteiger partial charge in [-0.3, -0.25) is 9.59 Å². The molecule has 1 aliphatic heterocycles. The summed E-state index contributed by atoms with van der Waals surface area (Å²) in [7, 11) is 4.53. The standard InChI is InChI=1S/C18H19NO5/c1-22-12-7-11(8-13(23-2)16(12)24-3)19-17(20)14-9-4-5-10(6-9)15(14)18(19)21/h4-5,7-10,14-15H,6H2,1-3H3. The van der Waals surface area contributed by atoms with Crippen molar-refractivity contribution in [2.75, 3.05) is 26.2 Å². The van der Waals surface area contributed by atoms with Gasteiger partial charge in [-0.1, -0.05) is 12.2 Å². The Morgan fingerprint density at radius 3 is 1.79 bits per heavy atom. The average molecular weight is 329 g/mol. The van der Waals surface area contributed by atoms with Gasteiger partial charge < -0.3 is 14.2 Å². The molecule has 1 aromatic rings. The van der Waals surface area contributed by atoms with E-state index >= 15 is 0 Å². The summed E-state index contributed by atoms with van der Waals surface area (Å²) < 4.78 is 16.0. The van der Waals surface area contributed by atoms with E-state index in [0.29, 0.717) is 22.9 Å². The number of hydrogen-bond acceptors (Lipinski definition) is 5. The number of imide groups is 1. The van der Waals surface area contributed by atoms with Crippen LogP contribution in [-0.4, -0.2) is 33.1 Å². The van der Waals surface area contributed by atoms with Crippen LogP contribution in [0.25, 0.3) is 0 Å². The molecule has 126 valence electrons. The number of nitrogens with zero attached hydrogens (tertiary/aromatic N) is 1. The van der Waals surface area contributed by atoms with Gasteiger partial charge in [0.2, 0.25) is 17.6 Å². The zero-order valence-corrected chi connectivity index (χ0v) is 13.8. The number of ether oxygens (including phenoxy) is 3. The Morgan fingerprint density at radius 1 is 0.875 bits per heavy atom. The molecule has 0 radical (unpaired) electrons. The first-order chi connectivity index (χ1) is 11.6. The molecule has 6 nitrogen and oxygen atoms in total. The molecule has 0 N–H and O–H groups in total. The molecule has 24 heavy (non-hydrogen) atoms. The maximum absolute atomic E-state index is 12.9. The number of fused-ring (bicyclic) bond motifs is 5. The summed E-state index contributed by atoms with van der Waals surface area (Å²) in [5, 5.41) is 0. The lowest BCUT2D eigenvalue weighted by Gasteiger charge is -2.20. The molecule has 1 aromatic carbocycles. The zero-order valence-electron chi connectivity index (χ0n) is 13.8. The van der Waals surface area contributed by atoms with Crippen LogP contribution in [0.1, 0.15) is 6.42 Å². The van der Waals surface area contributed by atoms with E-state index in [-0.39, 0.29) is 35.5 Å². The molecule has 3 aliphatic rings. The van der Waals surface area contributed by atoms with Crippen molar-refractivity contribution in [2.24, 2.45) is 23.7 Å². The number of allylic oxidation sites excluding steroid dienone is 2. The van der Waals surface area contributed by atoms with Crippen molar-refractivity contribution in [2.45, 2.75) is 6.42 Å². The van der Waals surface area contributed by atoms with E-state index in [4.69, 9.17) is 14.2 Å². The lowest BCUT2D eigenvalue weighted by Crippen LogP contribution is -2.32. The van der Waals surface area contributed by atoms with Crippen LogP contribution in [0, 0.1) is 23.7 Å². The van der Waals surface area contributed by atoms with Crippen LogP contribution in [0.15, 0.2) is 24.3 Å². The summed E-state index contributed by atoms with van der Waals surface area (Å²) in [6, 6.07) is 3.29. The van der Waals surface area contributed by atoms with Gasteiger partial charge in [0.25, 0.3) is 0 Å². The van der Waals surface area contributed by atoms with Crippen LogP contribution in [0.4, 0.5) is 5.69 Å². The Morgan fingerprint density at radius 2 is 1.38 bits per heavy atom. The van der Waals surface area contributed by atoms with Gasteiger partial charge in [-0.2, -0.15) is 0 Å². The van der Waals surface area contributed by atoms with Gasteiger partial charge in [0.05, 0.1) is 38.9 Å². The van der Waals surface area contributed by atoms with Gasteiger partial charge in [0.15, 0.2) is 11.5 Å². The van der Waals surface area contributed by atoms with Crippen molar-refractivity contribution in [3.8, 4) is 17.2 Å². The molecule has 0 spiro atoms. The monoisotopic (exact) mass is 329 g/mol. The van der Waals surface area contributed by atoms with Gasteiger partial charge in [-0.25, -0.2) is 4.90 Å². The molecule has 2 aliphatic carbocycles. The van der Waals surface area contributed by atoms with Crippen LogP contribution >= 0.6 is 0 Å². The first kappa shape index (κ1) is 15.1. The number of carbonyl (C=O) groups is 2. The molecule has 0 aromatic heterocycles. The van der Waals surface area contributed by atoms with E-state index < -0.39 is 0 Å². The first-order valence-corrected chi connectivity index (χ1v) is 7.96. The second-order valence-corrected chi connectivity index (χ2v) is 6.40. The highest BCUT2D eigenvalue weighted by molar-refractivity contribution is 6.23. The Hall–Kier alpha value is -2.50. The molecule has 1 saturated carbocycles. The van der Waals surface area contributed by atoms with Gasteiger partial charge >= 0.3 is 0 Å². The van der Waals surface area contributed by atoms with Crippen molar-refractivity contribution in [1.29, 1.82) is 0 Å². The molecule has 6 heteroatoms. The van der Waals surface area contributed by atoms with Crippen LogP contribution in [0.5, 0.6) is 17.2 Å². The van der Waals surface area contributed by atoms with Crippen molar-refractivity contribution in [1.82, 2.24) is 0 Å². The summed E-state index contributed by atoms with van der Waals surface area (Å²) in [5.74, 6) is 0.929. The van der Waals surface area contributed by atoms with E-state index in [1.807, 2.05) is 0 Å². The SMILES string of the molecule is COc1cc(N2C(=O)C3C4C=CC(C4)C3C2=O)cc(OC)c1OC. The van der Waals surface area contributed by atoms with Crippen LogP contribution in [-0.2, 0) is 9.59 Å². The third kappa shape index (κ3) is 1.82. The number of anilines is 1. The molecule has 2 bridgehead atoms. The fourth-order valence-electron chi connectivity index (χ4n) is 4.35. The zero-order chi connectivity index (χ0) is 17.0. The molecular weight excluding hydrogens is 310 g/mol. The van der Waals surface area contributed by atoms with Crippen molar-refractivity contribution in [3.63, 3.8) is 0 Å². The number of amides is 2. The summed E-state index contributed by atoms with van der Waals surface area (Å²) in [6.07, 6.45) is 5.07. The summed E-state index contributed by atoms with van der Waals surface area (Å²) in [5.41, 5.74) is 0.466. The lowest BCUT2D eigenvalue weighted by atomic mass is 9.85. The smallest absolute Gasteiger partial charge is 0.238 e. The summed E-state index contributed by atoms with van der Waals surface area (Å²) in [6.45, 7) is 0. The summed E-state index contributed by atoms with van der Waals surface area (Å²) in [4.78, 5) is 27.1. The highest BCUT2D eigenvalue weighted by Crippen LogP contribution is 2.54. The van der Waals surface area contributed by atoms with E-state index in [2.05, 4.69) is 12.2 Å². The van der Waals surface area contributed by atoms with Crippen molar-refractivity contribution >= 4 is 17.5 Å². The quantitative estimate of drug-likeness (QED) is 0.625. The minimum atomic E-state index is -0.230. The fraction of sp³-hybridized carbons (Fsp3) is 0.444. The molecule has 1 heterocycles. The molecule has 1 saturated heterocycles. The lowest BCUT2D eigenvalue weighted by molar-refractivity contribution is -0.123. The Labute approximate surface area is 140 Å². The van der Waals surface area contributed by atoms with Crippen molar-refractivity contribution < 1.29 is 23.8 Å². The fourth-order valence-corrected chi connectivity index (χ4v) is 4.35. The molecule has 2 fully saturated rings. The number of benzene rings is 1. The minimum absolute atomic E-state index is 0.129. The average Bonchev–Trinajstić information content (AvgIpc) is 3.27. The van der Waals surface area contributed by atoms with Gasteiger partial charge in [-0.05, 0) is 18.3 Å². The molecule has 4 rings (SSSR count). The van der Waals surface area contributed by atoms with E-state index in [0.717, 1.165) is 6.42 Å². The highest BCUT2D eigenvalue weighted by Gasteiger charge is 2.59. The minimum Gasteiger partial charge on any atom is -0.493 e. The van der Waals surface area contributed by atoms with Gasteiger partial charge in [-0.15, -0.1) is 0 Å².